The Hall–Kier alpha value is -0.790. The monoisotopic (exact) mass is 181 g/mol. The van der Waals surface area contributed by atoms with Crippen molar-refractivity contribution in [2.45, 2.75) is 44.9 Å². The van der Waals surface area contributed by atoms with Crippen LogP contribution in [0.2, 0.25) is 0 Å². The highest BCUT2D eigenvalue weighted by Crippen LogP contribution is 2.22. The van der Waals surface area contributed by atoms with E-state index in [9.17, 15) is 4.79 Å². The molecule has 0 saturated heterocycles. The zero-order valence-corrected chi connectivity index (χ0v) is 8.17. The van der Waals surface area contributed by atoms with Crippen LogP contribution in [0.1, 0.15) is 44.9 Å². The summed E-state index contributed by atoms with van der Waals surface area (Å²) in [5, 5.41) is 0. The molecule has 2 N–H and O–H groups in total. The van der Waals surface area contributed by atoms with Crippen molar-refractivity contribution in [2.24, 2.45) is 11.7 Å². The first kappa shape index (κ1) is 10.3. The molecule has 2 nitrogen and oxygen atoms in total. The van der Waals surface area contributed by atoms with Gasteiger partial charge in [-0.05, 0) is 24.8 Å². The number of carbonyl (C=O) groups excluding carboxylic acids is 1. The van der Waals surface area contributed by atoms with Crippen LogP contribution in [0.4, 0.5) is 0 Å². The number of hydrogen-bond acceptors (Lipinski definition) is 1. The highest BCUT2D eigenvalue weighted by atomic mass is 16.1. The van der Waals surface area contributed by atoms with E-state index in [0.717, 1.165) is 0 Å². The number of rotatable bonds is 2. The Morgan fingerprint density at radius 2 is 1.62 bits per heavy atom. The van der Waals surface area contributed by atoms with Gasteiger partial charge >= 0.3 is 0 Å². The van der Waals surface area contributed by atoms with Gasteiger partial charge in [-0.2, -0.15) is 0 Å². The third kappa shape index (κ3) is 4.71. The summed E-state index contributed by atoms with van der Waals surface area (Å²) in [4.78, 5) is 10.5. The first-order chi connectivity index (χ1) is 6.29. The molecule has 0 aromatic heterocycles. The summed E-state index contributed by atoms with van der Waals surface area (Å²) in [6.45, 7) is 0. The van der Waals surface area contributed by atoms with Crippen molar-refractivity contribution in [3.05, 3.63) is 12.2 Å². The molecule has 13 heavy (non-hydrogen) atoms. The molecule has 1 saturated carbocycles. The van der Waals surface area contributed by atoms with Crippen LogP contribution in [-0.2, 0) is 4.79 Å². The lowest BCUT2D eigenvalue weighted by Crippen LogP contribution is -2.07. The van der Waals surface area contributed by atoms with Crippen LogP contribution in [0.5, 0.6) is 0 Å². The maximum Gasteiger partial charge on any atom is 0.241 e. The summed E-state index contributed by atoms with van der Waals surface area (Å²) in [6, 6.07) is 0. The molecule has 0 aromatic carbocycles. The topological polar surface area (TPSA) is 43.1 Å². The van der Waals surface area contributed by atoms with Crippen molar-refractivity contribution in [3.8, 4) is 0 Å². The van der Waals surface area contributed by atoms with E-state index in [1.807, 2.05) is 6.08 Å². The van der Waals surface area contributed by atoms with Gasteiger partial charge in [0.15, 0.2) is 0 Å². The highest BCUT2D eigenvalue weighted by molar-refractivity contribution is 5.85. The molecule has 1 rings (SSSR count). The standard InChI is InChI=1S/C11H19NO/c12-11(13)9-8-10-6-4-2-1-3-5-7-10/h8-10H,1-7H2,(H2,12,13). The second-order valence-electron chi connectivity index (χ2n) is 3.87. The van der Waals surface area contributed by atoms with Crippen LogP contribution in [-0.4, -0.2) is 5.91 Å². The second kappa shape index (κ2) is 5.79. The molecule has 0 bridgehead atoms. The molecule has 0 heterocycles. The van der Waals surface area contributed by atoms with E-state index < -0.39 is 0 Å². The van der Waals surface area contributed by atoms with Crippen molar-refractivity contribution < 1.29 is 4.79 Å². The SMILES string of the molecule is NC(=O)C=CC1CCCCCCC1. The fourth-order valence-corrected chi connectivity index (χ4v) is 1.91. The molecule has 0 spiro atoms. The summed E-state index contributed by atoms with van der Waals surface area (Å²) in [5.74, 6) is 0.273. The number of carbonyl (C=O) groups is 1. The van der Waals surface area contributed by atoms with Crippen molar-refractivity contribution in [2.75, 3.05) is 0 Å². The Kier molecular flexibility index (Phi) is 4.58. The zero-order chi connectivity index (χ0) is 9.52. The molecule has 0 unspecified atom stereocenters. The quantitative estimate of drug-likeness (QED) is 0.653. The number of hydrogen-bond donors (Lipinski definition) is 1. The van der Waals surface area contributed by atoms with E-state index in [-0.39, 0.29) is 5.91 Å². The Bertz CT molecular complexity index is 179. The molecule has 1 aliphatic rings. The Balaban J connectivity index is 2.33. The van der Waals surface area contributed by atoms with Crippen molar-refractivity contribution in [1.82, 2.24) is 0 Å². The molecule has 1 fully saturated rings. The Labute approximate surface area is 80.2 Å². The molecule has 0 aromatic rings. The molecule has 1 aliphatic carbocycles. The second-order valence-corrected chi connectivity index (χ2v) is 3.87. The lowest BCUT2D eigenvalue weighted by atomic mass is 9.91. The summed E-state index contributed by atoms with van der Waals surface area (Å²) >= 11 is 0. The molecule has 0 radical (unpaired) electrons. The van der Waals surface area contributed by atoms with E-state index in [2.05, 4.69) is 0 Å². The van der Waals surface area contributed by atoms with Crippen LogP contribution < -0.4 is 5.73 Å². The highest BCUT2D eigenvalue weighted by Gasteiger charge is 2.07. The van der Waals surface area contributed by atoms with Gasteiger partial charge in [0.1, 0.15) is 0 Å². The first-order valence-corrected chi connectivity index (χ1v) is 5.26. The molecule has 74 valence electrons. The maximum absolute atomic E-state index is 10.5. The predicted octanol–water partition coefficient (Wildman–Crippen LogP) is 2.39. The summed E-state index contributed by atoms with van der Waals surface area (Å²) in [7, 11) is 0. The van der Waals surface area contributed by atoms with E-state index in [1.54, 1.807) is 0 Å². The van der Waals surface area contributed by atoms with Gasteiger partial charge in [-0.3, -0.25) is 4.79 Å². The lowest BCUT2D eigenvalue weighted by molar-refractivity contribution is -0.113. The molecule has 0 aliphatic heterocycles. The lowest BCUT2D eigenvalue weighted by Gasteiger charge is -2.15. The van der Waals surface area contributed by atoms with Crippen LogP contribution in [0.25, 0.3) is 0 Å². The smallest absolute Gasteiger partial charge is 0.241 e. The van der Waals surface area contributed by atoms with Crippen molar-refractivity contribution >= 4 is 5.91 Å². The minimum atomic E-state index is -0.318. The number of nitrogens with two attached hydrogens (primary N) is 1. The van der Waals surface area contributed by atoms with Gasteiger partial charge in [0.25, 0.3) is 0 Å². The third-order valence-corrected chi connectivity index (χ3v) is 2.68. The van der Waals surface area contributed by atoms with Gasteiger partial charge in [-0.25, -0.2) is 0 Å². The maximum atomic E-state index is 10.5. The predicted molar refractivity (Wildman–Crippen MR) is 54.1 cm³/mol. The molecular weight excluding hydrogens is 162 g/mol. The van der Waals surface area contributed by atoms with E-state index in [1.165, 1.54) is 51.0 Å². The average Bonchev–Trinajstić information content (AvgIpc) is 2.01. The molecule has 2 heteroatoms. The van der Waals surface area contributed by atoms with E-state index in [0.29, 0.717) is 5.92 Å². The minimum absolute atomic E-state index is 0.318. The minimum Gasteiger partial charge on any atom is -0.366 e. The largest absolute Gasteiger partial charge is 0.366 e. The number of primary amides is 1. The van der Waals surface area contributed by atoms with Crippen LogP contribution in [0.15, 0.2) is 12.2 Å². The zero-order valence-electron chi connectivity index (χ0n) is 8.17. The van der Waals surface area contributed by atoms with Gasteiger partial charge < -0.3 is 5.73 Å². The normalized spacial score (nSPS) is 21.2. The fourth-order valence-electron chi connectivity index (χ4n) is 1.91. The summed E-state index contributed by atoms with van der Waals surface area (Å²) in [6.07, 6.45) is 12.6. The van der Waals surface area contributed by atoms with Gasteiger partial charge in [0.05, 0.1) is 0 Å². The Morgan fingerprint density at radius 3 is 2.15 bits per heavy atom. The molecular formula is C11H19NO. The van der Waals surface area contributed by atoms with Gasteiger partial charge in [-0.15, -0.1) is 0 Å². The van der Waals surface area contributed by atoms with Gasteiger partial charge in [0, 0.05) is 0 Å². The van der Waals surface area contributed by atoms with Crippen LogP contribution >= 0.6 is 0 Å². The van der Waals surface area contributed by atoms with Crippen molar-refractivity contribution in [3.63, 3.8) is 0 Å². The van der Waals surface area contributed by atoms with Gasteiger partial charge in [-0.1, -0.05) is 38.2 Å². The summed E-state index contributed by atoms with van der Waals surface area (Å²) < 4.78 is 0. The summed E-state index contributed by atoms with van der Waals surface area (Å²) in [5.41, 5.74) is 5.05. The van der Waals surface area contributed by atoms with Gasteiger partial charge in [0.2, 0.25) is 5.91 Å². The van der Waals surface area contributed by atoms with Crippen LogP contribution in [0.3, 0.4) is 0 Å². The fraction of sp³-hybridized carbons (Fsp3) is 0.727. The first-order valence-electron chi connectivity index (χ1n) is 5.26. The van der Waals surface area contributed by atoms with Crippen LogP contribution in [0, 0.1) is 5.92 Å². The molecule has 0 atom stereocenters. The Morgan fingerprint density at radius 1 is 1.08 bits per heavy atom. The third-order valence-electron chi connectivity index (χ3n) is 2.68. The van der Waals surface area contributed by atoms with E-state index in [4.69, 9.17) is 5.73 Å². The average molecular weight is 181 g/mol. The van der Waals surface area contributed by atoms with E-state index >= 15 is 0 Å². The molecule has 1 amide bonds. The number of amides is 1. The number of allylic oxidation sites excluding steroid dienone is 1. The van der Waals surface area contributed by atoms with Crippen molar-refractivity contribution in [1.29, 1.82) is 0 Å².